The maximum atomic E-state index is 8.53. The van der Waals surface area contributed by atoms with E-state index in [0.29, 0.717) is 0 Å². The first-order valence-electron chi connectivity index (χ1n) is 2.86. The fourth-order valence-electron chi connectivity index (χ4n) is 0.737. The number of aliphatic hydroxyl groups is 1. The highest BCUT2D eigenvalue weighted by molar-refractivity contribution is 5.85. The highest BCUT2D eigenvalue weighted by atomic mass is 35.5. The van der Waals surface area contributed by atoms with Gasteiger partial charge in [-0.1, -0.05) is 0 Å². The van der Waals surface area contributed by atoms with Crippen LogP contribution in [0.4, 0.5) is 0 Å². The number of nitrogens with one attached hydrogen (secondary N) is 1. The summed E-state index contributed by atoms with van der Waals surface area (Å²) < 4.78 is 5.11. The molecule has 0 aromatic heterocycles. The first-order chi connectivity index (χ1) is 3.93. The fourth-order valence-corrected chi connectivity index (χ4v) is 0.737. The van der Waals surface area contributed by atoms with Crippen molar-refractivity contribution >= 4 is 24.8 Å². The number of halogens is 2. The Bertz CT molecular complexity index is 68.7. The lowest BCUT2D eigenvalue weighted by molar-refractivity contribution is -0.00618. The molecule has 10 heavy (non-hydrogen) atoms. The Morgan fingerprint density at radius 3 is 2.50 bits per heavy atom. The van der Waals surface area contributed by atoms with E-state index in [2.05, 4.69) is 5.32 Å². The molecule has 0 radical (unpaired) electrons. The molecule has 0 aromatic rings. The Kier molecular flexibility index (Phi) is 9.90. The summed E-state index contributed by atoms with van der Waals surface area (Å²) in [6, 6.07) is 0. The summed E-state index contributed by atoms with van der Waals surface area (Å²) >= 11 is 0. The average molecular weight is 190 g/mol. The number of ether oxygens (including phenoxy) is 1. The number of hydrogen-bond donors (Lipinski definition) is 2. The van der Waals surface area contributed by atoms with E-state index in [1.165, 1.54) is 0 Å². The Morgan fingerprint density at radius 2 is 2.20 bits per heavy atom. The van der Waals surface area contributed by atoms with Gasteiger partial charge in [-0.25, -0.2) is 0 Å². The van der Waals surface area contributed by atoms with Crippen LogP contribution >= 0.6 is 24.8 Å². The van der Waals surface area contributed by atoms with Crippen LogP contribution in [-0.4, -0.2) is 37.5 Å². The molecule has 0 saturated carbocycles. The second kappa shape index (κ2) is 7.57. The van der Waals surface area contributed by atoms with E-state index < -0.39 is 0 Å². The number of hydrogen-bond acceptors (Lipinski definition) is 3. The van der Waals surface area contributed by atoms with Crippen LogP contribution in [-0.2, 0) is 4.74 Å². The predicted octanol–water partition coefficient (Wildman–Crippen LogP) is -0.189. The molecule has 1 heterocycles. The van der Waals surface area contributed by atoms with Gasteiger partial charge in [0.15, 0.2) is 0 Å². The first kappa shape index (κ1) is 13.1. The molecule has 1 aliphatic rings. The highest BCUT2D eigenvalue weighted by Crippen LogP contribution is 1.92. The van der Waals surface area contributed by atoms with Gasteiger partial charge in [-0.05, 0) is 0 Å². The van der Waals surface area contributed by atoms with Crippen LogP contribution in [0.25, 0.3) is 0 Å². The summed E-state index contributed by atoms with van der Waals surface area (Å²) in [5, 5.41) is 11.6. The van der Waals surface area contributed by atoms with Gasteiger partial charge in [0.25, 0.3) is 0 Å². The highest BCUT2D eigenvalue weighted by Gasteiger charge is 2.10. The number of aliphatic hydroxyl groups excluding tert-OH is 1. The maximum absolute atomic E-state index is 8.53. The summed E-state index contributed by atoms with van der Waals surface area (Å²) in [6.45, 7) is 2.56. The van der Waals surface area contributed by atoms with Crippen molar-refractivity contribution in [2.24, 2.45) is 0 Å². The van der Waals surface area contributed by atoms with E-state index in [1.807, 2.05) is 0 Å². The molecule has 5 heteroatoms. The summed E-state index contributed by atoms with van der Waals surface area (Å²) in [5.74, 6) is 0. The Hall–Kier alpha value is 0.460. The third kappa shape index (κ3) is 4.30. The zero-order chi connectivity index (χ0) is 5.82. The van der Waals surface area contributed by atoms with E-state index in [0.717, 1.165) is 19.7 Å². The molecule has 0 aromatic carbocycles. The zero-order valence-electron chi connectivity index (χ0n) is 5.58. The van der Waals surface area contributed by atoms with Gasteiger partial charge in [0.05, 0.1) is 19.3 Å². The summed E-state index contributed by atoms with van der Waals surface area (Å²) in [4.78, 5) is 0. The van der Waals surface area contributed by atoms with Crippen molar-refractivity contribution in [2.75, 3.05) is 26.3 Å². The van der Waals surface area contributed by atoms with Gasteiger partial charge in [-0.3, -0.25) is 0 Å². The van der Waals surface area contributed by atoms with Gasteiger partial charge in [0.2, 0.25) is 0 Å². The third-order valence-electron chi connectivity index (χ3n) is 1.21. The minimum absolute atomic E-state index is 0. The van der Waals surface area contributed by atoms with E-state index in [-0.39, 0.29) is 37.5 Å². The second-order valence-corrected chi connectivity index (χ2v) is 1.88. The SMILES string of the molecule is Cl.Cl.OC[C@@H]1CNCCO1. The molecule has 1 rings (SSSR count). The smallest absolute Gasteiger partial charge is 0.0930 e. The van der Waals surface area contributed by atoms with E-state index in [9.17, 15) is 0 Å². The van der Waals surface area contributed by atoms with E-state index in [4.69, 9.17) is 9.84 Å². The van der Waals surface area contributed by atoms with Crippen molar-refractivity contribution in [1.29, 1.82) is 0 Å². The molecule has 2 N–H and O–H groups in total. The summed E-state index contributed by atoms with van der Waals surface area (Å²) in [5.41, 5.74) is 0. The van der Waals surface area contributed by atoms with Crippen LogP contribution in [0.5, 0.6) is 0 Å². The van der Waals surface area contributed by atoms with Crippen molar-refractivity contribution in [2.45, 2.75) is 6.10 Å². The standard InChI is InChI=1S/C5H11NO2.2ClH/c7-4-5-3-6-1-2-8-5;;/h5-7H,1-4H2;2*1H/t5-;;/m0../s1. The monoisotopic (exact) mass is 189 g/mol. The summed E-state index contributed by atoms with van der Waals surface area (Å²) in [6.07, 6.45) is 0.0312. The molecule has 0 unspecified atom stereocenters. The van der Waals surface area contributed by atoms with Crippen LogP contribution in [0, 0.1) is 0 Å². The van der Waals surface area contributed by atoms with E-state index in [1.54, 1.807) is 0 Å². The summed E-state index contributed by atoms with van der Waals surface area (Å²) in [7, 11) is 0. The van der Waals surface area contributed by atoms with Crippen LogP contribution in [0.2, 0.25) is 0 Å². The van der Waals surface area contributed by atoms with Crippen LogP contribution in [0.15, 0.2) is 0 Å². The molecule has 0 amide bonds. The molecule has 64 valence electrons. The van der Waals surface area contributed by atoms with Gasteiger partial charge in [0, 0.05) is 13.1 Å². The van der Waals surface area contributed by atoms with Gasteiger partial charge in [-0.2, -0.15) is 0 Å². The lowest BCUT2D eigenvalue weighted by Gasteiger charge is -2.21. The fraction of sp³-hybridized carbons (Fsp3) is 1.00. The molecule has 1 fully saturated rings. The molecule has 1 aliphatic heterocycles. The average Bonchev–Trinajstić information content (AvgIpc) is 1.90. The third-order valence-corrected chi connectivity index (χ3v) is 1.21. The maximum Gasteiger partial charge on any atom is 0.0930 e. The van der Waals surface area contributed by atoms with E-state index >= 15 is 0 Å². The van der Waals surface area contributed by atoms with Gasteiger partial charge in [-0.15, -0.1) is 24.8 Å². The molecule has 3 nitrogen and oxygen atoms in total. The molecule has 0 bridgehead atoms. The number of rotatable bonds is 1. The molecule has 0 spiro atoms. The van der Waals surface area contributed by atoms with Crippen LogP contribution in [0.3, 0.4) is 0 Å². The minimum atomic E-state index is 0. The number of morpholine rings is 1. The Balaban J connectivity index is 0. The molecule has 1 saturated heterocycles. The zero-order valence-corrected chi connectivity index (χ0v) is 7.21. The molecule has 0 aliphatic carbocycles. The van der Waals surface area contributed by atoms with Crippen molar-refractivity contribution in [1.82, 2.24) is 5.32 Å². The topological polar surface area (TPSA) is 41.5 Å². The van der Waals surface area contributed by atoms with Gasteiger partial charge >= 0.3 is 0 Å². The van der Waals surface area contributed by atoms with Crippen LogP contribution < -0.4 is 5.32 Å². The lowest BCUT2D eigenvalue weighted by Crippen LogP contribution is -2.40. The second-order valence-electron chi connectivity index (χ2n) is 1.88. The van der Waals surface area contributed by atoms with Crippen molar-refractivity contribution in [3.63, 3.8) is 0 Å². The largest absolute Gasteiger partial charge is 0.394 e. The van der Waals surface area contributed by atoms with Crippen molar-refractivity contribution < 1.29 is 9.84 Å². The first-order valence-corrected chi connectivity index (χ1v) is 2.86. The van der Waals surface area contributed by atoms with Gasteiger partial charge < -0.3 is 15.2 Å². The molecular formula is C5H13Cl2NO2. The minimum Gasteiger partial charge on any atom is -0.394 e. The van der Waals surface area contributed by atoms with Crippen LogP contribution in [0.1, 0.15) is 0 Å². The quantitative estimate of drug-likeness (QED) is 0.602. The Morgan fingerprint density at radius 1 is 1.50 bits per heavy atom. The normalized spacial score (nSPS) is 24.3. The van der Waals surface area contributed by atoms with Gasteiger partial charge in [0.1, 0.15) is 0 Å². The van der Waals surface area contributed by atoms with Crippen molar-refractivity contribution in [3.05, 3.63) is 0 Å². The van der Waals surface area contributed by atoms with Crippen molar-refractivity contribution in [3.8, 4) is 0 Å². The lowest BCUT2D eigenvalue weighted by atomic mass is 10.3. The predicted molar refractivity (Wildman–Crippen MR) is 44.2 cm³/mol. The Labute approximate surface area is 73.0 Å². The molecular weight excluding hydrogens is 177 g/mol. The molecule has 1 atom stereocenters.